The zero-order valence-electron chi connectivity index (χ0n) is 12.2. The fraction of sp³-hybridized carbons (Fsp3) is 0.375. The summed E-state index contributed by atoms with van der Waals surface area (Å²) in [5.74, 6) is 0.103. The molecule has 2 N–H and O–H groups in total. The lowest BCUT2D eigenvalue weighted by Gasteiger charge is -2.30. The Morgan fingerprint density at radius 3 is 3.05 bits per heavy atom. The number of carbonyl (C=O) groups is 1. The van der Waals surface area contributed by atoms with Crippen LogP contribution in [0.15, 0.2) is 29.6 Å². The first-order valence-corrected chi connectivity index (χ1v) is 8.62. The first-order valence-electron chi connectivity index (χ1n) is 7.36. The van der Waals surface area contributed by atoms with Gasteiger partial charge in [0.25, 0.3) is 0 Å². The molecule has 0 bridgehead atoms. The molecular formula is C16H18ClN3OS. The van der Waals surface area contributed by atoms with Crippen molar-refractivity contribution in [3.63, 3.8) is 0 Å². The highest BCUT2D eigenvalue weighted by atomic mass is 35.5. The molecule has 1 aromatic carbocycles. The third-order valence-corrected chi connectivity index (χ3v) is 5.05. The summed E-state index contributed by atoms with van der Waals surface area (Å²) >= 11 is 7.70. The Morgan fingerprint density at radius 1 is 1.45 bits per heavy atom. The highest BCUT2D eigenvalue weighted by Gasteiger charge is 2.22. The van der Waals surface area contributed by atoms with Crippen molar-refractivity contribution in [1.29, 1.82) is 0 Å². The first-order chi connectivity index (χ1) is 10.6. The van der Waals surface area contributed by atoms with Crippen molar-refractivity contribution < 1.29 is 4.79 Å². The maximum Gasteiger partial charge on any atom is 0.228 e. The van der Waals surface area contributed by atoms with Crippen LogP contribution in [0.25, 0.3) is 10.6 Å². The molecule has 2 aromatic rings. The Labute approximate surface area is 138 Å². The highest BCUT2D eigenvalue weighted by molar-refractivity contribution is 7.13. The lowest BCUT2D eigenvalue weighted by molar-refractivity contribution is -0.131. The minimum atomic E-state index is 0.103. The van der Waals surface area contributed by atoms with Crippen LogP contribution in [0, 0.1) is 0 Å². The van der Waals surface area contributed by atoms with Gasteiger partial charge in [0.05, 0.1) is 17.1 Å². The number of nitrogens with zero attached hydrogens (tertiary/aromatic N) is 2. The highest BCUT2D eigenvalue weighted by Crippen LogP contribution is 2.30. The van der Waals surface area contributed by atoms with Gasteiger partial charge in [-0.25, -0.2) is 4.98 Å². The van der Waals surface area contributed by atoms with Crippen LogP contribution < -0.4 is 5.73 Å². The van der Waals surface area contributed by atoms with E-state index in [4.69, 9.17) is 17.3 Å². The number of amides is 1. The van der Waals surface area contributed by atoms with Crippen molar-refractivity contribution in [3.05, 3.63) is 40.4 Å². The third-order valence-electron chi connectivity index (χ3n) is 3.80. The summed E-state index contributed by atoms with van der Waals surface area (Å²) in [5, 5.41) is 3.46. The quantitative estimate of drug-likeness (QED) is 0.938. The summed E-state index contributed by atoms with van der Waals surface area (Å²) in [7, 11) is 0. The van der Waals surface area contributed by atoms with Gasteiger partial charge in [-0.2, -0.15) is 0 Å². The molecule has 6 heteroatoms. The Kier molecular flexibility index (Phi) is 4.76. The number of hydrogen-bond donors (Lipinski definition) is 1. The van der Waals surface area contributed by atoms with Crippen LogP contribution in [0.5, 0.6) is 0 Å². The topological polar surface area (TPSA) is 59.2 Å². The van der Waals surface area contributed by atoms with Crippen molar-refractivity contribution >= 4 is 28.8 Å². The smallest absolute Gasteiger partial charge is 0.228 e. The minimum absolute atomic E-state index is 0.103. The molecule has 116 valence electrons. The van der Waals surface area contributed by atoms with E-state index in [1.54, 1.807) is 0 Å². The summed E-state index contributed by atoms with van der Waals surface area (Å²) < 4.78 is 0. The van der Waals surface area contributed by atoms with E-state index >= 15 is 0 Å². The second-order valence-corrected chi connectivity index (χ2v) is 6.81. The largest absolute Gasteiger partial charge is 0.341 e. The second kappa shape index (κ2) is 6.77. The van der Waals surface area contributed by atoms with E-state index in [0.717, 1.165) is 35.7 Å². The number of rotatable bonds is 3. The predicted octanol–water partition coefficient (Wildman–Crippen LogP) is 2.96. The maximum absolute atomic E-state index is 12.3. The van der Waals surface area contributed by atoms with Gasteiger partial charge in [0.2, 0.25) is 5.91 Å². The minimum Gasteiger partial charge on any atom is -0.341 e. The Hall–Kier alpha value is -1.43. The molecule has 1 aromatic heterocycles. The number of halogens is 1. The van der Waals surface area contributed by atoms with E-state index in [1.165, 1.54) is 11.3 Å². The number of benzene rings is 1. The van der Waals surface area contributed by atoms with Gasteiger partial charge < -0.3 is 10.6 Å². The van der Waals surface area contributed by atoms with Crippen molar-refractivity contribution in [2.24, 2.45) is 5.73 Å². The van der Waals surface area contributed by atoms with Crippen molar-refractivity contribution in [2.75, 3.05) is 13.1 Å². The van der Waals surface area contributed by atoms with Crippen molar-refractivity contribution in [1.82, 2.24) is 9.88 Å². The van der Waals surface area contributed by atoms with Crippen LogP contribution in [0.1, 0.15) is 18.5 Å². The van der Waals surface area contributed by atoms with Gasteiger partial charge in [-0.15, -0.1) is 11.3 Å². The van der Waals surface area contributed by atoms with Crippen LogP contribution in [0.4, 0.5) is 0 Å². The molecule has 4 nitrogen and oxygen atoms in total. The first kappa shape index (κ1) is 15.5. The van der Waals surface area contributed by atoms with Gasteiger partial charge >= 0.3 is 0 Å². The van der Waals surface area contributed by atoms with E-state index < -0.39 is 0 Å². The third kappa shape index (κ3) is 3.48. The number of carbonyl (C=O) groups excluding carboxylic acids is 1. The van der Waals surface area contributed by atoms with Crippen LogP contribution in [-0.4, -0.2) is 34.9 Å². The summed E-state index contributed by atoms with van der Waals surface area (Å²) in [5.41, 5.74) is 7.64. The lowest BCUT2D eigenvalue weighted by atomic mass is 10.1. The van der Waals surface area contributed by atoms with E-state index in [2.05, 4.69) is 4.98 Å². The summed E-state index contributed by atoms with van der Waals surface area (Å²) in [6.07, 6.45) is 2.31. The fourth-order valence-electron chi connectivity index (χ4n) is 2.65. The molecule has 22 heavy (non-hydrogen) atoms. The van der Waals surface area contributed by atoms with Crippen molar-refractivity contribution in [3.8, 4) is 10.6 Å². The molecule has 1 amide bonds. The van der Waals surface area contributed by atoms with Crippen LogP contribution in [0.3, 0.4) is 0 Å². The van der Waals surface area contributed by atoms with Crippen LogP contribution >= 0.6 is 22.9 Å². The molecule has 0 spiro atoms. The average molecular weight is 336 g/mol. The predicted molar refractivity (Wildman–Crippen MR) is 90.1 cm³/mol. The monoisotopic (exact) mass is 335 g/mol. The normalized spacial score (nSPS) is 18.5. The van der Waals surface area contributed by atoms with Gasteiger partial charge in [-0.1, -0.05) is 29.8 Å². The van der Waals surface area contributed by atoms with Gasteiger partial charge in [0.15, 0.2) is 0 Å². The summed E-state index contributed by atoms with van der Waals surface area (Å²) in [4.78, 5) is 18.7. The molecule has 1 aliphatic heterocycles. The summed E-state index contributed by atoms with van der Waals surface area (Å²) in [6.45, 7) is 1.45. The van der Waals surface area contributed by atoms with Crippen molar-refractivity contribution in [2.45, 2.75) is 25.3 Å². The molecule has 0 radical (unpaired) electrons. The Bertz CT molecular complexity index is 673. The van der Waals surface area contributed by atoms with E-state index in [-0.39, 0.29) is 11.9 Å². The maximum atomic E-state index is 12.3. The molecule has 1 aliphatic rings. The van der Waals surface area contributed by atoms with Crippen LogP contribution in [0.2, 0.25) is 5.02 Å². The van der Waals surface area contributed by atoms with Gasteiger partial charge in [-0.3, -0.25) is 4.79 Å². The molecular weight excluding hydrogens is 318 g/mol. The molecule has 1 saturated heterocycles. The number of hydrogen-bond acceptors (Lipinski definition) is 4. The van der Waals surface area contributed by atoms with Gasteiger partial charge in [-0.05, 0) is 18.9 Å². The van der Waals surface area contributed by atoms with E-state index in [0.29, 0.717) is 18.0 Å². The summed E-state index contributed by atoms with van der Waals surface area (Å²) in [6, 6.07) is 7.72. The number of nitrogens with two attached hydrogens (primary N) is 1. The average Bonchev–Trinajstić information content (AvgIpc) is 2.96. The SMILES string of the molecule is NC1CCCN(C(=O)Cc2csc(-c3ccccc3Cl)n2)C1. The zero-order chi connectivity index (χ0) is 15.5. The number of thiazole rings is 1. The number of likely N-dealkylation sites (tertiary alicyclic amines) is 1. The molecule has 0 saturated carbocycles. The van der Waals surface area contributed by atoms with E-state index in [9.17, 15) is 4.79 Å². The van der Waals surface area contributed by atoms with Gasteiger partial charge in [0, 0.05) is 30.1 Å². The fourth-order valence-corrected chi connectivity index (χ4v) is 3.79. The molecule has 1 atom stereocenters. The van der Waals surface area contributed by atoms with Crippen LogP contribution in [-0.2, 0) is 11.2 Å². The standard InChI is InChI=1S/C16H18ClN3OS/c17-14-6-2-1-5-13(14)16-19-12(10-22-16)8-15(21)20-7-3-4-11(18)9-20/h1-2,5-6,10-11H,3-4,7-9,18H2. The van der Waals surface area contributed by atoms with E-state index in [1.807, 2.05) is 34.5 Å². The molecule has 1 unspecified atom stereocenters. The Morgan fingerprint density at radius 2 is 2.27 bits per heavy atom. The second-order valence-electron chi connectivity index (χ2n) is 5.54. The molecule has 3 rings (SSSR count). The zero-order valence-corrected chi connectivity index (χ0v) is 13.7. The molecule has 2 heterocycles. The molecule has 1 fully saturated rings. The lowest BCUT2D eigenvalue weighted by Crippen LogP contribution is -2.46. The number of piperidine rings is 1. The van der Waals surface area contributed by atoms with Gasteiger partial charge in [0.1, 0.15) is 5.01 Å². The number of aromatic nitrogens is 1. The molecule has 0 aliphatic carbocycles. The Balaban J connectivity index is 1.69.